The number of ether oxygens (including phenoxy) is 1. The zero-order chi connectivity index (χ0) is 23.1. The van der Waals surface area contributed by atoms with Gasteiger partial charge < -0.3 is 10.1 Å². The number of para-hydroxylation sites is 4. The minimum Gasteiger partial charge on any atom is -0.455 e. The molecule has 0 radical (unpaired) electrons. The topological polar surface area (TPSA) is 75.7 Å². The number of anilines is 2. The highest BCUT2D eigenvalue weighted by Crippen LogP contribution is 2.33. The molecule has 3 rings (SSSR count). The fraction of sp³-hybridized carbons (Fsp3) is 0.240. The summed E-state index contributed by atoms with van der Waals surface area (Å²) in [5.74, 6) is 0.503. The van der Waals surface area contributed by atoms with Gasteiger partial charge in [0, 0.05) is 5.69 Å². The lowest BCUT2D eigenvalue weighted by atomic mass is 10.0. The Hall–Kier alpha value is -3.32. The molecule has 32 heavy (non-hydrogen) atoms. The van der Waals surface area contributed by atoms with Gasteiger partial charge in [-0.05, 0) is 48.2 Å². The Kier molecular flexibility index (Phi) is 7.53. The fourth-order valence-electron chi connectivity index (χ4n) is 3.46. The molecule has 1 amide bonds. The molecule has 0 aromatic heterocycles. The fourth-order valence-corrected chi connectivity index (χ4v) is 4.32. The van der Waals surface area contributed by atoms with E-state index in [-0.39, 0.29) is 6.54 Å². The predicted molar refractivity (Wildman–Crippen MR) is 129 cm³/mol. The molecule has 0 unspecified atom stereocenters. The van der Waals surface area contributed by atoms with Crippen molar-refractivity contribution in [2.45, 2.75) is 26.7 Å². The normalized spacial score (nSPS) is 11.1. The van der Waals surface area contributed by atoms with E-state index in [0.29, 0.717) is 17.2 Å². The molecule has 0 fully saturated rings. The summed E-state index contributed by atoms with van der Waals surface area (Å²) in [4.78, 5) is 13.0. The van der Waals surface area contributed by atoms with Gasteiger partial charge in [-0.3, -0.25) is 9.10 Å². The van der Waals surface area contributed by atoms with Crippen LogP contribution in [0.3, 0.4) is 0 Å². The summed E-state index contributed by atoms with van der Waals surface area (Å²) in [5, 5.41) is 2.94. The van der Waals surface area contributed by atoms with Crippen LogP contribution in [0.15, 0.2) is 72.8 Å². The summed E-state index contributed by atoms with van der Waals surface area (Å²) in [6.07, 6.45) is 2.59. The van der Waals surface area contributed by atoms with Crippen LogP contribution in [0, 0.1) is 0 Å². The van der Waals surface area contributed by atoms with Gasteiger partial charge in [0.15, 0.2) is 5.75 Å². The first kappa shape index (κ1) is 23.3. The summed E-state index contributed by atoms with van der Waals surface area (Å²) >= 11 is 0. The minimum absolute atomic E-state index is 0.300. The highest BCUT2D eigenvalue weighted by molar-refractivity contribution is 7.92. The maximum absolute atomic E-state index is 13.0. The molecule has 0 saturated heterocycles. The summed E-state index contributed by atoms with van der Waals surface area (Å²) in [6.45, 7) is 3.67. The van der Waals surface area contributed by atoms with Gasteiger partial charge in [0.25, 0.3) is 0 Å². The van der Waals surface area contributed by atoms with Crippen LogP contribution in [-0.2, 0) is 27.7 Å². The van der Waals surface area contributed by atoms with Gasteiger partial charge in [0.2, 0.25) is 15.9 Å². The van der Waals surface area contributed by atoms with Crippen molar-refractivity contribution in [2.24, 2.45) is 0 Å². The molecule has 3 aromatic rings. The van der Waals surface area contributed by atoms with Crippen molar-refractivity contribution in [1.29, 1.82) is 0 Å². The Bertz CT molecular complexity index is 1160. The van der Waals surface area contributed by atoms with Crippen molar-refractivity contribution >= 4 is 27.3 Å². The third-order valence-electron chi connectivity index (χ3n) is 5.06. The summed E-state index contributed by atoms with van der Waals surface area (Å²) < 4.78 is 32.3. The van der Waals surface area contributed by atoms with Crippen LogP contribution < -0.4 is 14.4 Å². The number of amides is 1. The Morgan fingerprint density at radius 2 is 1.47 bits per heavy atom. The zero-order valence-electron chi connectivity index (χ0n) is 18.5. The van der Waals surface area contributed by atoms with Crippen LogP contribution >= 0.6 is 0 Å². The second kappa shape index (κ2) is 10.3. The molecule has 0 spiro atoms. The Morgan fingerprint density at radius 3 is 2.06 bits per heavy atom. The van der Waals surface area contributed by atoms with Crippen LogP contribution in [0.4, 0.5) is 11.4 Å². The van der Waals surface area contributed by atoms with Crippen LogP contribution in [0.25, 0.3) is 0 Å². The lowest BCUT2D eigenvalue weighted by molar-refractivity contribution is -0.114. The van der Waals surface area contributed by atoms with Crippen molar-refractivity contribution < 1.29 is 17.9 Å². The van der Waals surface area contributed by atoms with E-state index in [9.17, 15) is 13.2 Å². The van der Waals surface area contributed by atoms with Crippen molar-refractivity contribution in [2.75, 3.05) is 22.4 Å². The lowest BCUT2D eigenvalue weighted by Gasteiger charge is -2.24. The third kappa shape index (κ3) is 5.68. The number of carbonyl (C=O) groups is 1. The molecule has 0 aliphatic carbocycles. The van der Waals surface area contributed by atoms with Crippen molar-refractivity contribution in [3.05, 3.63) is 83.9 Å². The highest BCUT2D eigenvalue weighted by atomic mass is 32.2. The van der Waals surface area contributed by atoms with Gasteiger partial charge in [-0.2, -0.15) is 0 Å². The van der Waals surface area contributed by atoms with Gasteiger partial charge in [0.1, 0.15) is 12.3 Å². The lowest BCUT2D eigenvalue weighted by Crippen LogP contribution is -2.37. The van der Waals surface area contributed by atoms with Crippen LogP contribution in [-0.4, -0.2) is 27.1 Å². The first-order chi connectivity index (χ1) is 15.3. The van der Waals surface area contributed by atoms with Crippen molar-refractivity contribution in [3.8, 4) is 11.5 Å². The van der Waals surface area contributed by atoms with Crippen molar-refractivity contribution in [3.63, 3.8) is 0 Å². The molecule has 6 nitrogen and oxygen atoms in total. The molecular weight excluding hydrogens is 424 g/mol. The van der Waals surface area contributed by atoms with E-state index in [1.165, 1.54) is 0 Å². The molecule has 3 aromatic carbocycles. The maximum atomic E-state index is 13.0. The minimum atomic E-state index is -3.76. The van der Waals surface area contributed by atoms with E-state index < -0.39 is 15.9 Å². The number of carbonyl (C=O) groups excluding carboxylic acids is 1. The molecule has 0 bridgehead atoms. The Balaban J connectivity index is 1.91. The maximum Gasteiger partial charge on any atom is 0.245 e. The number of benzene rings is 3. The SMILES string of the molecule is CCc1cccc(CC)c1NC(=O)CN(c1ccccc1Oc1ccccc1)S(C)(=O)=O. The molecule has 0 aliphatic rings. The number of aryl methyl sites for hydroxylation is 2. The zero-order valence-corrected chi connectivity index (χ0v) is 19.4. The molecule has 0 saturated carbocycles. The van der Waals surface area contributed by atoms with Gasteiger partial charge in [0.05, 0.1) is 11.9 Å². The molecule has 168 valence electrons. The average molecular weight is 453 g/mol. The molecule has 0 heterocycles. The van der Waals surface area contributed by atoms with Gasteiger partial charge in [-0.25, -0.2) is 8.42 Å². The second-order valence-electron chi connectivity index (χ2n) is 7.36. The number of hydrogen-bond acceptors (Lipinski definition) is 4. The van der Waals surface area contributed by atoms with Crippen LogP contribution in [0.5, 0.6) is 11.5 Å². The van der Waals surface area contributed by atoms with E-state index in [2.05, 4.69) is 5.32 Å². The molecule has 1 N–H and O–H groups in total. The molecular formula is C25H28N2O4S. The number of nitrogens with zero attached hydrogens (tertiary/aromatic N) is 1. The number of rotatable bonds is 9. The summed E-state index contributed by atoms with van der Waals surface area (Å²) in [7, 11) is -3.76. The van der Waals surface area contributed by atoms with Crippen LogP contribution in [0.2, 0.25) is 0 Å². The summed E-state index contributed by atoms with van der Waals surface area (Å²) in [5.41, 5.74) is 3.08. The molecule has 7 heteroatoms. The molecule has 0 aliphatic heterocycles. The van der Waals surface area contributed by atoms with Crippen LogP contribution in [0.1, 0.15) is 25.0 Å². The quantitative estimate of drug-likeness (QED) is 0.495. The number of hydrogen-bond donors (Lipinski definition) is 1. The number of sulfonamides is 1. The van der Waals surface area contributed by atoms with E-state index >= 15 is 0 Å². The Labute approximate surface area is 189 Å². The second-order valence-corrected chi connectivity index (χ2v) is 9.27. The predicted octanol–water partition coefficient (Wildman–Crippen LogP) is 5.01. The van der Waals surface area contributed by atoms with E-state index in [1.54, 1.807) is 36.4 Å². The smallest absolute Gasteiger partial charge is 0.245 e. The largest absolute Gasteiger partial charge is 0.455 e. The van der Waals surface area contributed by atoms with Gasteiger partial charge in [-0.15, -0.1) is 0 Å². The first-order valence-electron chi connectivity index (χ1n) is 10.5. The van der Waals surface area contributed by atoms with Gasteiger partial charge in [-0.1, -0.05) is 62.4 Å². The van der Waals surface area contributed by atoms with Crippen molar-refractivity contribution in [1.82, 2.24) is 0 Å². The van der Waals surface area contributed by atoms with E-state index in [0.717, 1.165) is 40.2 Å². The standard InChI is InChI=1S/C25H28N2O4S/c1-4-19-12-11-13-20(5-2)25(19)26-24(28)18-27(32(3,29)30)22-16-9-10-17-23(22)31-21-14-7-6-8-15-21/h6-17H,4-5,18H2,1-3H3,(H,26,28). The number of nitrogens with one attached hydrogen (secondary N) is 1. The average Bonchev–Trinajstić information content (AvgIpc) is 2.78. The Morgan fingerprint density at radius 1 is 0.875 bits per heavy atom. The summed E-state index contributed by atoms with van der Waals surface area (Å²) in [6, 6.07) is 21.8. The highest BCUT2D eigenvalue weighted by Gasteiger charge is 2.25. The van der Waals surface area contributed by atoms with E-state index in [4.69, 9.17) is 4.74 Å². The monoisotopic (exact) mass is 452 g/mol. The molecule has 0 atom stereocenters. The first-order valence-corrected chi connectivity index (χ1v) is 12.4. The van der Waals surface area contributed by atoms with E-state index in [1.807, 2.05) is 50.2 Å². The van der Waals surface area contributed by atoms with Gasteiger partial charge >= 0.3 is 0 Å². The third-order valence-corrected chi connectivity index (χ3v) is 6.18.